The van der Waals surface area contributed by atoms with Crippen LogP contribution in [0.2, 0.25) is 5.02 Å². The summed E-state index contributed by atoms with van der Waals surface area (Å²) in [6.45, 7) is -0.0627. The van der Waals surface area contributed by atoms with Crippen molar-refractivity contribution in [2.45, 2.75) is 6.54 Å². The molecule has 0 radical (unpaired) electrons. The third-order valence-electron chi connectivity index (χ3n) is 4.07. The lowest BCUT2D eigenvalue weighted by Gasteiger charge is -2.14. The van der Waals surface area contributed by atoms with Crippen LogP contribution in [-0.2, 0) is 11.3 Å². The first-order valence-electron chi connectivity index (χ1n) is 8.47. The van der Waals surface area contributed by atoms with E-state index in [4.69, 9.17) is 27.5 Å². The minimum Gasteiger partial charge on any atom is -0.493 e. The van der Waals surface area contributed by atoms with Gasteiger partial charge in [-0.3, -0.25) is 14.5 Å². The molecule has 1 saturated heterocycles. The van der Waals surface area contributed by atoms with Crippen molar-refractivity contribution in [2.24, 2.45) is 0 Å². The van der Waals surface area contributed by atoms with Crippen LogP contribution in [-0.4, -0.2) is 29.8 Å². The number of ether oxygens (including phenoxy) is 2. The summed E-state index contributed by atoms with van der Waals surface area (Å²) in [5.41, 5.74) is 0.977. The van der Waals surface area contributed by atoms with E-state index in [-0.39, 0.29) is 23.1 Å². The van der Waals surface area contributed by atoms with Gasteiger partial charge < -0.3 is 9.47 Å². The van der Waals surface area contributed by atoms with Crippen LogP contribution in [0.4, 0.5) is 9.18 Å². The summed E-state index contributed by atoms with van der Waals surface area (Å²) < 4.78 is 24.9. The van der Waals surface area contributed by atoms with Gasteiger partial charge in [0.15, 0.2) is 11.5 Å². The van der Waals surface area contributed by atoms with E-state index >= 15 is 0 Å². The number of halogens is 3. The predicted molar refractivity (Wildman–Crippen MR) is 118 cm³/mol. The van der Waals surface area contributed by atoms with Crippen LogP contribution in [0.25, 0.3) is 6.08 Å². The van der Waals surface area contributed by atoms with E-state index in [0.717, 1.165) is 22.7 Å². The van der Waals surface area contributed by atoms with E-state index in [1.807, 2.05) is 0 Å². The summed E-state index contributed by atoms with van der Waals surface area (Å²) >= 11 is 10.2. The molecule has 0 atom stereocenters. The fourth-order valence-corrected chi connectivity index (χ4v) is 4.22. The topological polar surface area (TPSA) is 55.8 Å². The molecule has 1 fully saturated rings. The second-order valence-corrected chi connectivity index (χ2v) is 8.34. The number of hydrogen-bond acceptors (Lipinski definition) is 5. The average molecular weight is 511 g/mol. The third kappa shape index (κ3) is 4.81. The molecule has 0 aliphatic carbocycles. The van der Waals surface area contributed by atoms with Crippen molar-refractivity contribution in [3.05, 3.63) is 61.7 Å². The van der Waals surface area contributed by atoms with Crippen molar-refractivity contribution in [1.82, 2.24) is 4.90 Å². The third-order valence-corrected chi connectivity index (χ3v) is 5.79. The Morgan fingerprint density at radius 3 is 2.77 bits per heavy atom. The average Bonchev–Trinajstić information content (AvgIpc) is 2.96. The molecular weight excluding hydrogens is 497 g/mol. The van der Waals surface area contributed by atoms with Crippen LogP contribution in [0, 0.1) is 18.2 Å². The number of thioether (sulfide) groups is 1. The maximum atomic E-state index is 13.3. The van der Waals surface area contributed by atoms with Gasteiger partial charge in [0, 0.05) is 15.1 Å². The second kappa shape index (κ2) is 9.56. The van der Waals surface area contributed by atoms with E-state index in [1.54, 1.807) is 12.1 Å². The molecule has 154 valence electrons. The Morgan fingerprint density at radius 1 is 1.33 bits per heavy atom. The molecule has 0 aromatic heterocycles. The normalized spacial score (nSPS) is 14.9. The lowest BCUT2D eigenvalue weighted by atomic mass is 10.1. The second-order valence-electron chi connectivity index (χ2n) is 6.02. The van der Waals surface area contributed by atoms with Crippen molar-refractivity contribution in [3.8, 4) is 23.8 Å². The van der Waals surface area contributed by atoms with E-state index in [0.29, 0.717) is 27.1 Å². The minimum absolute atomic E-state index is 0.00335. The van der Waals surface area contributed by atoms with Gasteiger partial charge in [-0.05, 0) is 47.7 Å². The monoisotopic (exact) mass is 509 g/mol. The molecule has 0 saturated carbocycles. The van der Waals surface area contributed by atoms with Gasteiger partial charge in [-0.2, -0.15) is 0 Å². The number of imide groups is 1. The summed E-state index contributed by atoms with van der Waals surface area (Å²) in [5.74, 6) is 2.16. The Labute approximate surface area is 190 Å². The number of hydrogen-bond donors (Lipinski definition) is 0. The lowest BCUT2D eigenvalue weighted by Crippen LogP contribution is -2.27. The van der Waals surface area contributed by atoms with Crippen LogP contribution in [0.15, 0.2) is 39.7 Å². The first kappa shape index (κ1) is 22.2. The van der Waals surface area contributed by atoms with Crippen LogP contribution in [0.5, 0.6) is 11.5 Å². The summed E-state index contributed by atoms with van der Waals surface area (Å²) in [4.78, 5) is 26.5. The predicted octanol–water partition coefficient (Wildman–Crippen LogP) is 5.50. The van der Waals surface area contributed by atoms with E-state index in [1.165, 1.54) is 25.3 Å². The molecule has 1 aliphatic rings. The van der Waals surface area contributed by atoms with Gasteiger partial charge in [0.05, 0.1) is 18.6 Å². The van der Waals surface area contributed by atoms with Gasteiger partial charge in [0.25, 0.3) is 11.1 Å². The van der Waals surface area contributed by atoms with Crippen LogP contribution >= 0.6 is 39.3 Å². The highest BCUT2D eigenvalue weighted by molar-refractivity contribution is 9.10. The smallest absolute Gasteiger partial charge is 0.293 e. The quantitative estimate of drug-likeness (QED) is 0.379. The zero-order valence-electron chi connectivity index (χ0n) is 15.6. The highest BCUT2D eigenvalue weighted by atomic mass is 79.9. The van der Waals surface area contributed by atoms with E-state index in [2.05, 4.69) is 21.9 Å². The van der Waals surface area contributed by atoms with Gasteiger partial charge in [-0.1, -0.05) is 39.5 Å². The van der Waals surface area contributed by atoms with Crippen LogP contribution in [0.3, 0.4) is 0 Å². The largest absolute Gasteiger partial charge is 0.493 e. The number of terminal acetylenes is 1. The Balaban J connectivity index is 1.93. The lowest BCUT2D eigenvalue weighted by molar-refractivity contribution is -0.123. The molecule has 0 bridgehead atoms. The van der Waals surface area contributed by atoms with Crippen molar-refractivity contribution in [2.75, 3.05) is 13.7 Å². The summed E-state index contributed by atoms with van der Waals surface area (Å²) in [5, 5.41) is -0.320. The molecular formula is C21H14BrClFNO4S. The van der Waals surface area contributed by atoms with Gasteiger partial charge in [-0.25, -0.2) is 4.39 Å². The Kier molecular flexibility index (Phi) is 7.08. The maximum absolute atomic E-state index is 13.3. The fourth-order valence-electron chi connectivity index (χ4n) is 2.71. The number of amides is 2. The van der Waals surface area contributed by atoms with Gasteiger partial charge in [0.2, 0.25) is 0 Å². The molecule has 2 amide bonds. The molecule has 2 aromatic rings. The maximum Gasteiger partial charge on any atom is 0.293 e. The Bertz CT molecular complexity index is 1100. The summed E-state index contributed by atoms with van der Waals surface area (Å²) in [7, 11) is 1.48. The fraction of sp³-hybridized carbons (Fsp3) is 0.143. The van der Waals surface area contributed by atoms with Crippen molar-refractivity contribution >= 4 is 56.5 Å². The van der Waals surface area contributed by atoms with Crippen LogP contribution in [0.1, 0.15) is 11.1 Å². The first-order chi connectivity index (χ1) is 14.3. The SMILES string of the molecule is C#CCOc1c(/C=C2\SC(=O)N(Cc3ccc(F)cc3Cl)C2=O)cc(Br)cc1OC. The number of rotatable bonds is 6. The Morgan fingerprint density at radius 2 is 2.10 bits per heavy atom. The van der Waals surface area contributed by atoms with Crippen molar-refractivity contribution < 1.29 is 23.5 Å². The standard InChI is InChI=1S/C21H14BrClFNO4S/c1-3-6-29-19-13(7-14(22)9-17(19)28-2)8-18-20(26)25(21(27)30-18)11-12-4-5-15(24)10-16(12)23/h1,4-5,7-10H,6,11H2,2H3/b18-8-. The molecule has 9 heteroatoms. The number of nitrogens with zero attached hydrogens (tertiary/aromatic N) is 1. The molecule has 1 heterocycles. The molecule has 1 aliphatic heterocycles. The number of carbonyl (C=O) groups is 2. The van der Waals surface area contributed by atoms with Crippen LogP contribution < -0.4 is 9.47 Å². The molecule has 0 N–H and O–H groups in total. The zero-order chi connectivity index (χ0) is 21.8. The molecule has 0 spiro atoms. The highest BCUT2D eigenvalue weighted by Crippen LogP contribution is 2.40. The zero-order valence-corrected chi connectivity index (χ0v) is 18.7. The van der Waals surface area contributed by atoms with E-state index in [9.17, 15) is 14.0 Å². The summed E-state index contributed by atoms with van der Waals surface area (Å²) in [6.07, 6.45) is 6.82. The molecule has 30 heavy (non-hydrogen) atoms. The number of benzene rings is 2. The number of methoxy groups -OCH3 is 1. The van der Waals surface area contributed by atoms with Gasteiger partial charge in [-0.15, -0.1) is 6.42 Å². The summed E-state index contributed by atoms with van der Waals surface area (Å²) in [6, 6.07) is 7.22. The van der Waals surface area contributed by atoms with Gasteiger partial charge in [0.1, 0.15) is 12.4 Å². The van der Waals surface area contributed by atoms with Crippen molar-refractivity contribution in [1.29, 1.82) is 0 Å². The Hall–Kier alpha value is -2.47. The highest BCUT2D eigenvalue weighted by Gasteiger charge is 2.35. The van der Waals surface area contributed by atoms with Crippen molar-refractivity contribution in [3.63, 3.8) is 0 Å². The molecule has 0 unspecified atom stereocenters. The first-order valence-corrected chi connectivity index (χ1v) is 10.5. The number of carbonyl (C=O) groups excluding carboxylic acids is 2. The molecule has 3 rings (SSSR count). The van der Waals surface area contributed by atoms with E-state index < -0.39 is 17.0 Å². The minimum atomic E-state index is -0.499. The molecule has 2 aromatic carbocycles. The molecule has 5 nitrogen and oxygen atoms in total. The van der Waals surface area contributed by atoms with Gasteiger partial charge >= 0.3 is 0 Å².